The van der Waals surface area contributed by atoms with Crippen LogP contribution in [0.1, 0.15) is 22.0 Å². The van der Waals surface area contributed by atoms with E-state index < -0.39 is 0 Å². The summed E-state index contributed by atoms with van der Waals surface area (Å²) in [6, 6.07) is 5.18. The number of carbonyl (C=O) groups is 1. The van der Waals surface area contributed by atoms with Crippen molar-refractivity contribution in [3.8, 4) is 0 Å². The van der Waals surface area contributed by atoms with Gasteiger partial charge in [-0.25, -0.2) is 4.79 Å². The Morgan fingerprint density at radius 2 is 2.41 bits per heavy atom. The van der Waals surface area contributed by atoms with Crippen LogP contribution in [-0.4, -0.2) is 32.8 Å². The fraction of sp³-hybridized carbons (Fsp3) is 0.417. The van der Waals surface area contributed by atoms with E-state index in [1.807, 2.05) is 0 Å². The van der Waals surface area contributed by atoms with Crippen LogP contribution in [0.4, 0.5) is 5.69 Å². The summed E-state index contributed by atoms with van der Waals surface area (Å²) in [7, 11) is 1.36. The van der Waals surface area contributed by atoms with E-state index >= 15 is 0 Å². The second-order valence-electron chi connectivity index (χ2n) is 3.88. The van der Waals surface area contributed by atoms with Gasteiger partial charge >= 0.3 is 5.97 Å². The molecule has 1 atom stereocenters. The quantitative estimate of drug-likeness (QED) is 0.584. The lowest BCUT2D eigenvalue weighted by Crippen LogP contribution is -2.36. The van der Waals surface area contributed by atoms with E-state index in [2.05, 4.69) is 5.32 Å². The summed E-state index contributed by atoms with van der Waals surface area (Å²) in [5, 5.41) is 3.28. The second kappa shape index (κ2) is 5.16. The summed E-state index contributed by atoms with van der Waals surface area (Å²) < 4.78 is 10.1. The van der Waals surface area contributed by atoms with Crippen molar-refractivity contribution in [1.82, 2.24) is 5.32 Å². The molecule has 0 aliphatic carbocycles. The Morgan fingerprint density at radius 1 is 1.59 bits per heavy atom. The van der Waals surface area contributed by atoms with Crippen LogP contribution in [0.2, 0.25) is 0 Å². The van der Waals surface area contributed by atoms with Crippen LogP contribution < -0.4 is 11.1 Å². The maximum atomic E-state index is 11.7. The Morgan fingerprint density at radius 3 is 3.06 bits per heavy atom. The minimum Gasteiger partial charge on any atom is -0.465 e. The van der Waals surface area contributed by atoms with Gasteiger partial charge in [-0.2, -0.15) is 0 Å². The Hall–Kier alpha value is -1.59. The molecule has 1 aliphatic heterocycles. The molecule has 2 rings (SSSR count). The predicted octanol–water partition coefficient (Wildman–Crippen LogP) is 0.716. The number of benzene rings is 1. The average molecular weight is 236 g/mol. The zero-order valence-electron chi connectivity index (χ0n) is 9.73. The number of nitrogen functional groups attached to an aromatic ring is 1. The van der Waals surface area contributed by atoms with E-state index in [1.54, 1.807) is 18.2 Å². The number of carbonyl (C=O) groups excluding carboxylic acids is 1. The maximum Gasteiger partial charge on any atom is 0.338 e. The fourth-order valence-corrected chi connectivity index (χ4v) is 2.01. The van der Waals surface area contributed by atoms with Crippen LogP contribution in [0.25, 0.3) is 0 Å². The molecule has 0 spiro atoms. The second-order valence-corrected chi connectivity index (χ2v) is 3.88. The van der Waals surface area contributed by atoms with Crippen molar-refractivity contribution >= 4 is 11.7 Å². The van der Waals surface area contributed by atoms with Gasteiger partial charge in [-0.05, 0) is 12.1 Å². The SMILES string of the molecule is COC(=O)c1cccc(N)c1C1COCCN1. The minimum absolute atomic E-state index is 0.0564. The molecule has 0 amide bonds. The summed E-state index contributed by atoms with van der Waals surface area (Å²) >= 11 is 0. The number of esters is 1. The summed E-state index contributed by atoms with van der Waals surface area (Å²) in [6.45, 7) is 1.94. The van der Waals surface area contributed by atoms with Crippen LogP contribution >= 0.6 is 0 Å². The molecular formula is C12H16N2O3. The first-order valence-corrected chi connectivity index (χ1v) is 5.52. The largest absolute Gasteiger partial charge is 0.465 e. The monoisotopic (exact) mass is 236 g/mol. The van der Waals surface area contributed by atoms with E-state index in [0.717, 1.165) is 12.1 Å². The molecule has 0 saturated carbocycles. The number of nitrogens with two attached hydrogens (primary N) is 1. The molecule has 17 heavy (non-hydrogen) atoms. The van der Waals surface area contributed by atoms with E-state index in [4.69, 9.17) is 15.2 Å². The lowest BCUT2D eigenvalue weighted by molar-refractivity contribution is 0.0587. The van der Waals surface area contributed by atoms with Crippen LogP contribution in [0, 0.1) is 0 Å². The first-order chi connectivity index (χ1) is 8.24. The highest BCUT2D eigenvalue weighted by atomic mass is 16.5. The van der Waals surface area contributed by atoms with Crippen molar-refractivity contribution in [3.63, 3.8) is 0 Å². The molecule has 5 nitrogen and oxygen atoms in total. The van der Waals surface area contributed by atoms with E-state index in [9.17, 15) is 4.79 Å². The van der Waals surface area contributed by atoms with E-state index in [0.29, 0.717) is 24.5 Å². The molecule has 1 unspecified atom stereocenters. The molecule has 1 heterocycles. The first kappa shape index (κ1) is 11.9. The van der Waals surface area contributed by atoms with Crippen molar-refractivity contribution in [1.29, 1.82) is 0 Å². The predicted molar refractivity (Wildman–Crippen MR) is 63.8 cm³/mol. The molecule has 1 saturated heterocycles. The number of anilines is 1. The standard InChI is InChI=1S/C12H16N2O3/c1-16-12(15)8-3-2-4-9(13)11(8)10-7-17-6-5-14-10/h2-4,10,14H,5-7,13H2,1H3. The molecule has 0 aromatic heterocycles. The number of nitrogens with one attached hydrogen (secondary N) is 1. The van der Waals surface area contributed by atoms with Crippen molar-refractivity contribution in [2.75, 3.05) is 32.6 Å². The molecule has 0 bridgehead atoms. The highest BCUT2D eigenvalue weighted by Crippen LogP contribution is 2.26. The van der Waals surface area contributed by atoms with Crippen LogP contribution in [0.3, 0.4) is 0 Å². The highest BCUT2D eigenvalue weighted by Gasteiger charge is 2.23. The smallest absolute Gasteiger partial charge is 0.338 e. The van der Waals surface area contributed by atoms with Crippen LogP contribution in [0.5, 0.6) is 0 Å². The highest BCUT2D eigenvalue weighted by molar-refractivity contribution is 5.93. The van der Waals surface area contributed by atoms with Gasteiger partial charge in [0, 0.05) is 17.8 Å². The molecule has 1 fully saturated rings. The van der Waals surface area contributed by atoms with E-state index in [-0.39, 0.29) is 12.0 Å². The Labute approximate surface area is 99.9 Å². The lowest BCUT2D eigenvalue weighted by Gasteiger charge is -2.26. The van der Waals surface area contributed by atoms with Crippen molar-refractivity contribution in [3.05, 3.63) is 29.3 Å². The van der Waals surface area contributed by atoms with Crippen molar-refractivity contribution in [2.24, 2.45) is 0 Å². The average Bonchev–Trinajstić information content (AvgIpc) is 2.38. The van der Waals surface area contributed by atoms with Gasteiger partial charge in [-0.3, -0.25) is 0 Å². The van der Waals surface area contributed by atoms with Crippen LogP contribution in [-0.2, 0) is 9.47 Å². The van der Waals surface area contributed by atoms with Gasteiger partial charge in [0.2, 0.25) is 0 Å². The Balaban J connectivity index is 2.39. The summed E-state index contributed by atoms with van der Waals surface area (Å²) in [5.41, 5.74) is 7.78. The molecule has 1 aromatic carbocycles. The maximum absolute atomic E-state index is 11.7. The molecule has 3 N–H and O–H groups in total. The first-order valence-electron chi connectivity index (χ1n) is 5.52. The van der Waals surface area contributed by atoms with Gasteiger partial charge in [-0.15, -0.1) is 0 Å². The number of hydrogen-bond acceptors (Lipinski definition) is 5. The molecule has 0 radical (unpaired) electrons. The zero-order chi connectivity index (χ0) is 12.3. The van der Waals surface area contributed by atoms with Crippen molar-refractivity contribution in [2.45, 2.75) is 6.04 Å². The Bertz CT molecular complexity index is 414. The summed E-state index contributed by atoms with van der Waals surface area (Å²) in [6.07, 6.45) is 0. The van der Waals surface area contributed by atoms with Crippen molar-refractivity contribution < 1.29 is 14.3 Å². The molecule has 92 valence electrons. The summed E-state index contributed by atoms with van der Waals surface area (Å²) in [4.78, 5) is 11.7. The van der Waals surface area contributed by atoms with Gasteiger partial charge in [0.15, 0.2) is 0 Å². The van der Waals surface area contributed by atoms with E-state index in [1.165, 1.54) is 7.11 Å². The van der Waals surface area contributed by atoms with Gasteiger partial charge in [0.1, 0.15) is 0 Å². The van der Waals surface area contributed by atoms with Crippen LogP contribution in [0.15, 0.2) is 18.2 Å². The normalized spacial score (nSPS) is 19.9. The van der Waals surface area contributed by atoms with Gasteiger partial charge in [-0.1, -0.05) is 6.07 Å². The molecule has 1 aliphatic rings. The van der Waals surface area contributed by atoms with Gasteiger partial charge < -0.3 is 20.5 Å². The molecule has 1 aromatic rings. The van der Waals surface area contributed by atoms with Gasteiger partial charge in [0.25, 0.3) is 0 Å². The third-order valence-electron chi connectivity index (χ3n) is 2.82. The zero-order valence-corrected chi connectivity index (χ0v) is 9.73. The Kier molecular flexibility index (Phi) is 3.61. The number of hydrogen-bond donors (Lipinski definition) is 2. The lowest BCUT2D eigenvalue weighted by atomic mass is 9.98. The third-order valence-corrected chi connectivity index (χ3v) is 2.82. The number of rotatable bonds is 2. The fourth-order valence-electron chi connectivity index (χ4n) is 2.01. The molecule has 5 heteroatoms. The van der Waals surface area contributed by atoms with Gasteiger partial charge in [0.05, 0.1) is 31.9 Å². The molecular weight excluding hydrogens is 220 g/mol. The number of ether oxygens (including phenoxy) is 2. The number of morpholine rings is 1. The summed E-state index contributed by atoms with van der Waals surface area (Å²) in [5.74, 6) is -0.375. The third kappa shape index (κ3) is 2.40. The number of methoxy groups -OCH3 is 1. The minimum atomic E-state index is -0.375. The topological polar surface area (TPSA) is 73.6 Å².